The Bertz CT molecular complexity index is 658. The van der Waals surface area contributed by atoms with Gasteiger partial charge in [-0.05, 0) is 44.2 Å². The monoisotopic (exact) mass is 299 g/mol. The van der Waals surface area contributed by atoms with Crippen molar-refractivity contribution in [1.29, 1.82) is 0 Å². The van der Waals surface area contributed by atoms with E-state index in [-0.39, 0.29) is 18.0 Å². The van der Waals surface area contributed by atoms with E-state index in [1.54, 1.807) is 0 Å². The van der Waals surface area contributed by atoms with Crippen molar-refractivity contribution in [1.82, 2.24) is 4.98 Å². The number of rotatable bonds is 6. The Hall–Kier alpha value is -1.77. The zero-order valence-corrected chi connectivity index (χ0v) is 13.5. The van der Waals surface area contributed by atoms with E-state index in [0.717, 1.165) is 31.2 Å². The first kappa shape index (κ1) is 15.1. The highest BCUT2D eigenvalue weighted by molar-refractivity contribution is 5.85. The second-order valence-electron chi connectivity index (χ2n) is 6.47. The van der Waals surface area contributed by atoms with Crippen molar-refractivity contribution in [2.24, 2.45) is 5.92 Å². The van der Waals surface area contributed by atoms with Crippen molar-refractivity contribution in [2.45, 2.75) is 58.5 Å². The predicted octanol–water partition coefficient (Wildman–Crippen LogP) is 4.53. The van der Waals surface area contributed by atoms with Crippen LogP contribution in [0.3, 0.4) is 0 Å². The van der Waals surface area contributed by atoms with Gasteiger partial charge in [0.2, 0.25) is 0 Å². The van der Waals surface area contributed by atoms with Gasteiger partial charge in [-0.25, -0.2) is 0 Å². The fourth-order valence-corrected chi connectivity index (χ4v) is 3.53. The van der Waals surface area contributed by atoms with Crippen molar-refractivity contribution < 1.29 is 9.53 Å². The van der Waals surface area contributed by atoms with E-state index in [0.29, 0.717) is 0 Å². The number of fused-ring (bicyclic) bond motifs is 1. The predicted molar refractivity (Wildman–Crippen MR) is 88.9 cm³/mol. The van der Waals surface area contributed by atoms with Crippen LogP contribution in [-0.2, 0) is 16.0 Å². The highest BCUT2D eigenvalue weighted by atomic mass is 16.5. The summed E-state index contributed by atoms with van der Waals surface area (Å²) in [6.45, 7) is 4.29. The number of aromatic nitrogens is 1. The second-order valence-corrected chi connectivity index (χ2v) is 6.47. The molecular weight excluding hydrogens is 274 g/mol. The number of unbranched alkanes of at least 4 members (excludes halogenated alkanes) is 2. The zero-order chi connectivity index (χ0) is 15.5. The minimum absolute atomic E-state index is 0.00817. The molecule has 3 nitrogen and oxygen atoms in total. The van der Waals surface area contributed by atoms with Crippen LogP contribution in [0, 0.1) is 12.8 Å². The van der Waals surface area contributed by atoms with Gasteiger partial charge >= 0.3 is 5.97 Å². The van der Waals surface area contributed by atoms with Gasteiger partial charge in [-0.3, -0.25) is 4.79 Å². The summed E-state index contributed by atoms with van der Waals surface area (Å²) in [6.07, 6.45) is 6.41. The quantitative estimate of drug-likeness (QED) is 0.629. The van der Waals surface area contributed by atoms with E-state index in [1.807, 2.05) is 6.07 Å². The van der Waals surface area contributed by atoms with E-state index in [9.17, 15) is 4.79 Å². The van der Waals surface area contributed by atoms with Gasteiger partial charge in [0.15, 0.2) is 0 Å². The largest absolute Gasteiger partial charge is 0.462 e. The third-order valence-electron chi connectivity index (χ3n) is 4.77. The van der Waals surface area contributed by atoms with Gasteiger partial charge in [0.25, 0.3) is 0 Å². The van der Waals surface area contributed by atoms with E-state index < -0.39 is 0 Å². The summed E-state index contributed by atoms with van der Waals surface area (Å²) in [5, 5.41) is 1.24. The minimum atomic E-state index is -0.00817. The summed E-state index contributed by atoms with van der Waals surface area (Å²) in [7, 11) is 0. The molecule has 1 fully saturated rings. The molecule has 0 radical (unpaired) electrons. The maximum absolute atomic E-state index is 12.2. The lowest BCUT2D eigenvalue weighted by Crippen LogP contribution is -2.11. The number of carbonyl (C=O) groups is 1. The smallest absolute Gasteiger partial charge is 0.309 e. The molecule has 2 atom stereocenters. The lowest BCUT2D eigenvalue weighted by atomic mass is 9.93. The Labute approximate surface area is 132 Å². The molecule has 118 valence electrons. The van der Waals surface area contributed by atoms with Crippen molar-refractivity contribution in [2.75, 3.05) is 0 Å². The molecule has 2 aromatic rings. The lowest BCUT2D eigenvalue weighted by molar-refractivity contribution is -0.144. The number of carbonyl (C=O) groups excluding carboxylic acids is 1. The molecule has 3 rings (SSSR count). The molecule has 1 aromatic carbocycles. The highest BCUT2D eigenvalue weighted by Gasteiger charge is 2.34. The molecule has 1 aliphatic heterocycles. The molecule has 0 saturated carbocycles. The first-order chi connectivity index (χ1) is 10.7. The molecular formula is C19H25NO2. The average molecular weight is 299 g/mol. The number of H-pyrrole nitrogens is 1. The molecule has 3 heteroatoms. The fraction of sp³-hybridized carbons (Fsp3) is 0.526. The Morgan fingerprint density at radius 2 is 2.09 bits per heavy atom. The standard InChI is InChI=1S/C19H25NO2/c1-3-4-5-8-15-11-14(19(21)22-15)12-17-13(2)20-18-10-7-6-9-16(17)18/h6-7,9-10,14-15,20H,3-5,8,11-12H2,1-2H3/t14-,15-/m1/s1. The average Bonchev–Trinajstić information content (AvgIpc) is 3.01. The Morgan fingerprint density at radius 1 is 1.27 bits per heavy atom. The molecule has 1 saturated heterocycles. The number of cyclic esters (lactones) is 1. The zero-order valence-electron chi connectivity index (χ0n) is 13.5. The Morgan fingerprint density at radius 3 is 2.91 bits per heavy atom. The first-order valence-corrected chi connectivity index (χ1v) is 8.45. The van der Waals surface area contributed by atoms with E-state index in [1.165, 1.54) is 29.5 Å². The molecule has 0 amide bonds. The Balaban J connectivity index is 1.70. The van der Waals surface area contributed by atoms with Gasteiger partial charge in [-0.1, -0.05) is 38.0 Å². The normalized spacial score (nSPS) is 21.5. The molecule has 0 bridgehead atoms. The minimum Gasteiger partial charge on any atom is -0.462 e. The molecule has 1 aromatic heterocycles. The lowest BCUT2D eigenvalue weighted by Gasteiger charge is -2.07. The summed E-state index contributed by atoms with van der Waals surface area (Å²) in [4.78, 5) is 15.6. The van der Waals surface area contributed by atoms with Crippen LogP contribution in [-0.4, -0.2) is 17.1 Å². The van der Waals surface area contributed by atoms with E-state index in [4.69, 9.17) is 4.74 Å². The molecule has 0 spiro atoms. The number of aryl methyl sites for hydroxylation is 1. The number of esters is 1. The number of hydrogen-bond donors (Lipinski definition) is 1. The van der Waals surface area contributed by atoms with Crippen molar-refractivity contribution in [3.63, 3.8) is 0 Å². The summed E-state index contributed by atoms with van der Waals surface area (Å²) < 4.78 is 5.57. The van der Waals surface area contributed by atoms with Gasteiger partial charge in [-0.15, -0.1) is 0 Å². The van der Waals surface area contributed by atoms with Crippen LogP contribution in [0.15, 0.2) is 24.3 Å². The van der Waals surface area contributed by atoms with Crippen LogP contribution in [0.2, 0.25) is 0 Å². The number of nitrogens with one attached hydrogen (secondary N) is 1. The fourth-order valence-electron chi connectivity index (χ4n) is 3.53. The number of para-hydroxylation sites is 1. The van der Waals surface area contributed by atoms with Crippen LogP contribution in [0.5, 0.6) is 0 Å². The molecule has 0 aliphatic carbocycles. The third kappa shape index (κ3) is 3.03. The van der Waals surface area contributed by atoms with Crippen molar-refractivity contribution in [3.8, 4) is 0 Å². The van der Waals surface area contributed by atoms with Crippen LogP contribution < -0.4 is 0 Å². The molecule has 0 unspecified atom stereocenters. The number of aromatic amines is 1. The van der Waals surface area contributed by atoms with Gasteiger partial charge in [0.1, 0.15) is 6.10 Å². The third-order valence-corrected chi connectivity index (χ3v) is 4.77. The molecule has 1 aliphatic rings. The summed E-state index contributed by atoms with van der Waals surface area (Å²) in [5.74, 6) is 0.00992. The van der Waals surface area contributed by atoms with Crippen molar-refractivity contribution >= 4 is 16.9 Å². The van der Waals surface area contributed by atoms with Gasteiger partial charge in [0.05, 0.1) is 5.92 Å². The SMILES string of the molecule is CCCCC[C@@H]1C[C@H](Cc2c(C)[nH]c3ccccc23)C(=O)O1. The Kier molecular flexibility index (Phi) is 4.51. The van der Waals surface area contributed by atoms with Gasteiger partial charge < -0.3 is 9.72 Å². The van der Waals surface area contributed by atoms with Crippen LogP contribution in [0.25, 0.3) is 10.9 Å². The van der Waals surface area contributed by atoms with Gasteiger partial charge in [-0.2, -0.15) is 0 Å². The summed E-state index contributed by atoms with van der Waals surface area (Å²) >= 11 is 0. The van der Waals surface area contributed by atoms with Crippen LogP contribution in [0.1, 0.15) is 50.3 Å². The second kappa shape index (κ2) is 6.55. The van der Waals surface area contributed by atoms with Gasteiger partial charge in [0, 0.05) is 16.6 Å². The van der Waals surface area contributed by atoms with Crippen molar-refractivity contribution in [3.05, 3.63) is 35.5 Å². The summed E-state index contributed by atoms with van der Waals surface area (Å²) in [5.41, 5.74) is 3.59. The van der Waals surface area contributed by atoms with E-state index in [2.05, 4.69) is 37.0 Å². The first-order valence-electron chi connectivity index (χ1n) is 8.45. The van der Waals surface area contributed by atoms with E-state index >= 15 is 0 Å². The molecule has 1 N–H and O–H groups in total. The molecule has 2 heterocycles. The number of benzene rings is 1. The van der Waals surface area contributed by atoms with Crippen LogP contribution >= 0.6 is 0 Å². The van der Waals surface area contributed by atoms with Crippen LogP contribution in [0.4, 0.5) is 0 Å². The highest BCUT2D eigenvalue weighted by Crippen LogP contribution is 2.31. The number of hydrogen-bond acceptors (Lipinski definition) is 2. The summed E-state index contributed by atoms with van der Waals surface area (Å²) in [6, 6.07) is 8.31. The topological polar surface area (TPSA) is 42.1 Å². The maximum Gasteiger partial charge on any atom is 0.309 e. The number of ether oxygens (including phenoxy) is 1. The molecule has 22 heavy (non-hydrogen) atoms. The maximum atomic E-state index is 12.2.